The second kappa shape index (κ2) is 7.19. The molecule has 1 heterocycles. The lowest BCUT2D eigenvalue weighted by Crippen LogP contribution is -2.33. The minimum Gasteiger partial charge on any atom is -0.367 e. The van der Waals surface area contributed by atoms with E-state index in [4.69, 9.17) is 0 Å². The Hall–Kier alpha value is -2.12. The van der Waals surface area contributed by atoms with Gasteiger partial charge in [0.1, 0.15) is 5.82 Å². The molecule has 0 aliphatic carbocycles. The first kappa shape index (κ1) is 16.7. The van der Waals surface area contributed by atoms with Crippen molar-refractivity contribution in [2.45, 2.75) is 0 Å². The van der Waals surface area contributed by atoms with Gasteiger partial charge in [-0.15, -0.1) is 0 Å². The number of carbonyl (C=O) groups excluding carboxylic acids is 2. The van der Waals surface area contributed by atoms with Gasteiger partial charge in [-0.3, -0.25) is 14.5 Å². The number of nitrogens with one attached hydrogen (secondary N) is 1. The average molecular weight is 407 g/mol. The van der Waals surface area contributed by atoms with E-state index in [0.717, 1.165) is 26.8 Å². The molecule has 2 amide bonds. The lowest BCUT2D eigenvalue weighted by atomic mass is 10.2. The highest BCUT2D eigenvalue weighted by molar-refractivity contribution is 9.10. The fraction of sp³-hybridized carbons (Fsp3) is 0.0588. The normalized spacial score (nSPS) is 16.1. The van der Waals surface area contributed by atoms with E-state index in [9.17, 15) is 14.0 Å². The van der Waals surface area contributed by atoms with E-state index in [1.54, 1.807) is 18.2 Å². The molecule has 0 unspecified atom stereocenters. The topological polar surface area (TPSA) is 49.4 Å². The van der Waals surface area contributed by atoms with Crippen molar-refractivity contribution in [3.8, 4) is 0 Å². The number of thioether (sulfide) groups is 1. The summed E-state index contributed by atoms with van der Waals surface area (Å²) < 4.78 is 13.9. The second-order valence-corrected chi connectivity index (χ2v) is 6.91. The van der Waals surface area contributed by atoms with Gasteiger partial charge >= 0.3 is 0 Å². The molecule has 1 aliphatic rings. The zero-order valence-corrected chi connectivity index (χ0v) is 14.7. The van der Waals surface area contributed by atoms with Gasteiger partial charge < -0.3 is 5.32 Å². The smallest absolute Gasteiger partial charge is 0.295 e. The summed E-state index contributed by atoms with van der Waals surface area (Å²) >= 11 is 4.22. The molecular formula is C17H12BrFN2O2S. The number of hydrogen-bond acceptors (Lipinski definition) is 4. The van der Waals surface area contributed by atoms with Crippen molar-refractivity contribution < 1.29 is 14.0 Å². The Bertz CT molecular complexity index is 806. The standard InChI is InChI=1S/C17H12BrFN2O2S/c18-12-3-7-14(8-4-12)20-10-21-16(22)15(24-17(21)23)9-11-1-5-13(19)6-2-11/h1-9,20H,10H2/b15-9+. The van der Waals surface area contributed by atoms with Gasteiger partial charge in [0.15, 0.2) is 0 Å². The quantitative estimate of drug-likeness (QED) is 0.747. The number of amides is 2. The van der Waals surface area contributed by atoms with Crippen LogP contribution in [0, 0.1) is 5.82 Å². The van der Waals surface area contributed by atoms with Gasteiger partial charge in [-0.25, -0.2) is 4.39 Å². The van der Waals surface area contributed by atoms with Gasteiger partial charge in [-0.2, -0.15) is 0 Å². The molecule has 3 rings (SSSR count). The number of hydrogen-bond donors (Lipinski definition) is 1. The SMILES string of the molecule is O=C1S/C(=C/c2ccc(F)cc2)C(=O)N1CNc1ccc(Br)cc1. The fourth-order valence-electron chi connectivity index (χ4n) is 2.08. The molecule has 0 spiro atoms. The number of nitrogens with zero attached hydrogens (tertiary/aromatic N) is 1. The molecule has 1 N–H and O–H groups in total. The summed E-state index contributed by atoms with van der Waals surface area (Å²) in [5, 5.41) is 2.70. The Labute approximate surface area is 150 Å². The average Bonchev–Trinajstić information content (AvgIpc) is 2.83. The van der Waals surface area contributed by atoms with Crippen LogP contribution in [0.5, 0.6) is 0 Å². The van der Waals surface area contributed by atoms with E-state index in [-0.39, 0.29) is 23.6 Å². The molecule has 0 bridgehead atoms. The number of anilines is 1. The van der Waals surface area contributed by atoms with Crippen molar-refractivity contribution in [1.29, 1.82) is 0 Å². The molecule has 0 aromatic heterocycles. The van der Waals surface area contributed by atoms with Crippen LogP contribution in [0.3, 0.4) is 0 Å². The van der Waals surface area contributed by atoms with Gasteiger partial charge in [-0.1, -0.05) is 28.1 Å². The van der Waals surface area contributed by atoms with Crippen molar-refractivity contribution in [1.82, 2.24) is 4.90 Å². The summed E-state index contributed by atoms with van der Waals surface area (Å²) in [7, 11) is 0. The summed E-state index contributed by atoms with van der Waals surface area (Å²) in [5.41, 5.74) is 1.47. The molecule has 24 heavy (non-hydrogen) atoms. The van der Waals surface area contributed by atoms with Gasteiger partial charge in [0, 0.05) is 10.2 Å². The first-order valence-corrected chi connectivity index (χ1v) is 8.64. The molecule has 0 radical (unpaired) electrons. The van der Waals surface area contributed by atoms with Crippen molar-refractivity contribution in [3.63, 3.8) is 0 Å². The first-order valence-electron chi connectivity index (χ1n) is 7.03. The summed E-state index contributed by atoms with van der Waals surface area (Å²) in [6.45, 7) is 0.0903. The maximum atomic E-state index is 12.9. The van der Waals surface area contributed by atoms with Crippen LogP contribution in [-0.2, 0) is 4.79 Å². The van der Waals surface area contributed by atoms with E-state index < -0.39 is 0 Å². The van der Waals surface area contributed by atoms with Crippen molar-refractivity contribution in [2.75, 3.05) is 12.0 Å². The second-order valence-electron chi connectivity index (χ2n) is 5.00. The van der Waals surface area contributed by atoms with Crippen LogP contribution in [0.4, 0.5) is 14.9 Å². The third-order valence-corrected chi connectivity index (χ3v) is 4.76. The first-order chi connectivity index (χ1) is 11.5. The Morgan fingerprint density at radius 1 is 1.08 bits per heavy atom. The lowest BCUT2D eigenvalue weighted by Gasteiger charge is -2.14. The molecule has 1 fully saturated rings. The number of imide groups is 1. The minimum atomic E-state index is -0.362. The van der Waals surface area contributed by atoms with Crippen molar-refractivity contribution >= 4 is 50.6 Å². The molecular weight excluding hydrogens is 395 g/mol. The molecule has 122 valence electrons. The van der Waals surface area contributed by atoms with Gasteiger partial charge in [0.05, 0.1) is 11.6 Å². The van der Waals surface area contributed by atoms with Gasteiger partial charge in [0.2, 0.25) is 0 Å². The molecule has 1 saturated heterocycles. The van der Waals surface area contributed by atoms with Crippen LogP contribution in [0.2, 0.25) is 0 Å². The van der Waals surface area contributed by atoms with Crippen LogP contribution < -0.4 is 5.32 Å². The molecule has 4 nitrogen and oxygen atoms in total. The highest BCUT2D eigenvalue weighted by Crippen LogP contribution is 2.32. The number of rotatable bonds is 4. The van der Waals surface area contributed by atoms with Crippen LogP contribution in [0.25, 0.3) is 6.08 Å². The zero-order valence-electron chi connectivity index (χ0n) is 12.3. The Balaban J connectivity index is 1.69. The van der Waals surface area contributed by atoms with E-state index in [0.29, 0.717) is 10.5 Å². The largest absolute Gasteiger partial charge is 0.367 e. The van der Waals surface area contributed by atoms with E-state index in [2.05, 4.69) is 21.2 Å². The van der Waals surface area contributed by atoms with Crippen LogP contribution in [0.1, 0.15) is 5.56 Å². The third kappa shape index (κ3) is 3.85. The molecule has 0 saturated carbocycles. The highest BCUT2D eigenvalue weighted by Gasteiger charge is 2.34. The molecule has 0 atom stereocenters. The Kier molecular flexibility index (Phi) is 5.01. The van der Waals surface area contributed by atoms with E-state index in [1.165, 1.54) is 12.1 Å². The molecule has 1 aliphatic heterocycles. The molecule has 7 heteroatoms. The molecule has 2 aromatic carbocycles. The summed E-state index contributed by atoms with van der Waals surface area (Å²) in [5.74, 6) is -0.710. The van der Waals surface area contributed by atoms with Crippen LogP contribution in [-0.4, -0.2) is 22.7 Å². The predicted octanol–water partition coefficient (Wildman–Crippen LogP) is 4.69. The number of halogens is 2. The monoisotopic (exact) mass is 406 g/mol. The number of benzene rings is 2. The Morgan fingerprint density at radius 3 is 2.42 bits per heavy atom. The summed E-state index contributed by atoms with van der Waals surface area (Å²) in [4.78, 5) is 25.9. The van der Waals surface area contributed by atoms with Crippen LogP contribution >= 0.6 is 27.7 Å². The summed E-state index contributed by atoms with van der Waals surface area (Å²) in [6, 6.07) is 13.2. The van der Waals surface area contributed by atoms with Gasteiger partial charge in [0.25, 0.3) is 11.1 Å². The minimum absolute atomic E-state index is 0.0903. The summed E-state index contributed by atoms with van der Waals surface area (Å²) in [6.07, 6.45) is 1.59. The third-order valence-electron chi connectivity index (χ3n) is 3.33. The zero-order chi connectivity index (χ0) is 17.1. The van der Waals surface area contributed by atoms with Crippen LogP contribution in [0.15, 0.2) is 57.9 Å². The fourth-order valence-corrected chi connectivity index (χ4v) is 3.19. The maximum Gasteiger partial charge on any atom is 0.295 e. The molecule has 2 aromatic rings. The van der Waals surface area contributed by atoms with E-state index in [1.807, 2.05) is 24.3 Å². The van der Waals surface area contributed by atoms with Crippen molar-refractivity contribution in [3.05, 3.63) is 69.3 Å². The maximum absolute atomic E-state index is 12.9. The lowest BCUT2D eigenvalue weighted by molar-refractivity contribution is -0.122. The van der Waals surface area contributed by atoms with Crippen molar-refractivity contribution in [2.24, 2.45) is 0 Å². The highest BCUT2D eigenvalue weighted by atomic mass is 79.9. The Morgan fingerprint density at radius 2 is 1.75 bits per heavy atom. The van der Waals surface area contributed by atoms with E-state index >= 15 is 0 Å². The predicted molar refractivity (Wildman–Crippen MR) is 96.8 cm³/mol. The number of carbonyl (C=O) groups is 2. The van der Waals surface area contributed by atoms with Gasteiger partial charge in [-0.05, 0) is 59.8 Å².